The Morgan fingerprint density at radius 1 is 1.26 bits per heavy atom. The number of rotatable bonds is 6. The highest BCUT2D eigenvalue weighted by molar-refractivity contribution is 5.78. The zero-order chi connectivity index (χ0) is 16.1. The Morgan fingerprint density at radius 2 is 2.09 bits per heavy atom. The van der Waals surface area contributed by atoms with Crippen molar-refractivity contribution in [3.05, 3.63) is 18.1 Å². The fourth-order valence-corrected chi connectivity index (χ4v) is 3.50. The molecule has 0 radical (unpaired) electrons. The van der Waals surface area contributed by atoms with Crippen LogP contribution in [0.2, 0.25) is 0 Å². The van der Waals surface area contributed by atoms with Gasteiger partial charge in [0.15, 0.2) is 0 Å². The number of piperidine rings is 1. The first kappa shape index (κ1) is 16.2. The highest BCUT2D eigenvalue weighted by Crippen LogP contribution is 2.23. The zero-order valence-corrected chi connectivity index (χ0v) is 13.9. The molecule has 0 aliphatic carbocycles. The molecular formula is C17H26N4O2. The molecule has 0 spiro atoms. The van der Waals surface area contributed by atoms with Gasteiger partial charge in [0.1, 0.15) is 12.1 Å². The van der Waals surface area contributed by atoms with Crippen LogP contribution in [0.1, 0.15) is 31.4 Å². The number of ether oxygens (including phenoxy) is 1. The quantitative estimate of drug-likeness (QED) is 0.795. The third kappa shape index (κ3) is 4.19. The van der Waals surface area contributed by atoms with Gasteiger partial charge in [0.2, 0.25) is 5.91 Å². The second-order valence-electron chi connectivity index (χ2n) is 6.52. The van der Waals surface area contributed by atoms with E-state index in [0.29, 0.717) is 25.5 Å². The van der Waals surface area contributed by atoms with Crippen LogP contribution in [0.25, 0.3) is 0 Å². The Kier molecular flexibility index (Phi) is 5.43. The van der Waals surface area contributed by atoms with E-state index in [2.05, 4.69) is 20.9 Å². The van der Waals surface area contributed by atoms with Crippen LogP contribution in [0.3, 0.4) is 0 Å². The van der Waals surface area contributed by atoms with Crippen LogP contribution in [0, 0.1) is 5.92 Å². The maximum atomic E-state index is 12.0. The van der Waals surface area contributed by atoms with Crippen molar-refractivity contribution in [1.29, 1.82) is 0 Å². The minimum absolute atomic E-state index is 0.234. The molecule has 3 rings (SSSR count). The maximum absolute atomic E-state index is 12.0. The van der Waals surface area contributed by atoms with Gasteiger partial charge in [-0.25, -0.2) is 9.97 Å². The minimum atomic E-state index is 0.234. The number of carbonyl (C=O) groups excluding carboxylic acids is 1. The first-order valence-corrected chi connectivity index (χ1v) is 8.59. The Balaban J connectivity index is 1.59. The van der Waals surface area contributed by atoms with Crippen molar-refractivity contribution in [2.75, 3.05) is 44.8 Å². The van der Waals surface area contributed by atoms with Gasteiger partial charge in [0.25, 0.3) is 0 Å². The summed E-state index contributed by atoms with van der Waals surface area (Å²) in [4.78, 5) is 25.1. The van der Waals surface area contributed by atoms with Gasteiger partial charge < -0.3 is 14.5 Å². The average Bonchev–Trinajstić information content (AvgIpc) is 2.93. The first-order valence-electron chi connectivity index (χ1n) is 8.59. The fraction of sp³-hybridized carbons (Fsp3) is 0.706. The highest BCUT2D eigenvalue weighted by atomic mass is 16.5. The van der Waals surface area contributed by atoms with Crippen LogP contribution in [-0.4, -0.2) is 60.7 Å². The predicted molar refractivity (Wildman–Crippen MR) is 88.4 cm³/mol. The van der Waals surface area contributed by atoms with E-state index in [9.17, 15) is 4.79 Å². The normalized spacial score (nSPS) is 22.0. The number of methoxy groups -OCH3 is 1. The van der Waals surface area contributed by atoms with Crippen LogP contribution in [0.5, 0.6) is 0 Å². The van der Waals surface area contributed by atoms with Gasteiger partial charge in [-0.15, -0.1) is 0 Å². The summed E-state index contributed by atoms with van der Waals surface area (Å²) in [5, 5.41) is 0. The number of carbonyl (C=O) groups is 1. The van der Waals surface area contributed by atoms with E-state index in [1.165, 1.54) is 19.3 Å². The van der Waals surface area contributed by atoms with E-state index in [1.807, 2.05) is 4.90 Å². The Labute approximate surface area is 137 Å². The molecule has 0 N–H and O–H groups in total. The van der Waals surface area contributed by atoms with Gasteiger partial charge >= 0.3 is 0 Å². The van der Waals surface area contributed by atoms with Gasteiger partial charge in [-0.05, 0) is 31.6 Å². The third-order valence-corrected chi connectivity index (χ3v) is 4.75. The molecule has 1 aromatic rings. The molecule has 3 heterocycles. The fourth-order valence-electron chi connectivity index (χ4n) is 3.50. The smallest absolute Gasteiger partial charge is 0.223 e. The average molecular weight is 318 g/mol. The number of anilines is 1. The largest absolute Gasteiger partial charge is 0.383 e. The number of likely N-dealkylation sites (tertiary alicyclic amines) is 1. The van der Waals surface area contributed by atoms with Crippen LogP contribution in [-0.2, 0) is 16.0 Å². The molecule has 23 heavy (non-hydrogen) atoms. The molecular weight excluding hydrogens is 292 g/mol. The first-order chi connectivity index (χ1) is 11.3. The minimum Gasteiger partial charge on any atom is -0.383 e. The van der Waals surface area contributed by atoms with Crippen molar-refractivity contribution in [1.82, 2.24) is 14.9 Å². The van der Waals surface area contributed by atoms with Crippen LogP contribution < -0.4 is 4.90 Å². The predicted octanol–water partition coefficient (Wildman–Crippen LogP) is 1.50. The summed E-state index contributed by atoms with van der Waals surface area (Å²) in [7, 11) is 1.67. The van der Waals surface area contributed by atoms with E-state index in [1.54, 1.807) is 13.4 Å². The number of nitrogens with zero attached hydrogens (tertiary/aromatic N) is 4. The van der Waals surface area contributed by atoms with E-state index < -0.39 is 0 Å². The molecule has 0 saturated carbocycles. The lowest BCUT2D eigenvalue weighted by molar-refractivity contribution is -0.128. The van der Waals surface area contributed by atoms with Gasteiger partial charge in [-0.3, -0.25) is 4.79 Å². The number of hydrogen-bond acceptors (Lipinski definition) is 5. The monoisotopic (exact) mass is 318 g/mol. The van der Waals surface area contributed by atoms with Gasteiger partial charge in [0, 0.05) is 51.5 Å². The molecule has 6 nitrogen and oxygen atoms in total. The van der Waals surface area contributed by atoms with Crippen molar-refractivity contribution >= 4 is 11.7 Å². The van der Waals surface area contributed by atoms with Crippen LogP contribution in [0.15, 0.2) is 12.4 Å². The van der Waals surface area contributed by atoms with Crippen LogP contribution in [0.4, 0.5) is 5.82 Å². The van der Waals surface area contributed by atoms with E-state index in [4.69, 9.17) is 4.74 Å². The summed E-state index contributed by atoms with van der Waals surface area (Å²) >= 11 is 0. The van der Waals surface area contributed by atoms with Crippen molar-refractivity contribution in [2.45, 2.75) is 32.1 Å². The molecule has 0 unspecified atom stereocenters. The molecule has 1 amide bonds. The zero-order valence-electron chi connectivity index (χ0n) is 13.9. The number of aromatic nitrogens is 2. The van der Waals surface area contributed by atoms with Crippen LogP contribution >= 0.6 is 0 Å². The van der Waals surface area contributed by atoms with Gasteiger partial charge in [0.05, 0.1) is 6.61 Å². The summed E-state index contributed by atoms with van der Waals surface area (Å²) < 4.78 is 5.07. The van der Waals surface area contributed by atoms with E-state index >= 15 is 0 Å². The second kappa shape index (κ2) is 7.73. The highest BCUT2D eigenvalue weighted by Gasteiger charge is 2.29. The van der Waals surface area contributed by atoms with Gasteiger partial charge in [-0.2, -0.15) is 0 Å². The summed E-state index contributed by atoms with van der Waals surface area (Å²) in [6.07, 6.45) is 6.93. The summed E-state index contributed by atoms with van der Waals surface area (Å²) in [6.45, 7) is 4.28. The summed E-state index contributed by atoms with van der Waals surface area (Å²) in [6, 6.07) is 2.10. The molecule has 2 aliphatic heterocycles. The van der Waals surface area contributed by atoms with Crippen molar-refractivity contribution < 1.29 is 9.53 Å². The molecule has 2 fully saturated rings. The van der Waals surface area contributed by atoms with E-state index in [0.717, 1.165) is 37.6 Å². The Bertz CT molecular complexity index is 531. The van der Waals surface area contributed by atoms with Crippen molar-refractivity contribution in [3.63, 3.8) is 0 Å². The molecule has 2 saturated heterocycles. The molecule has 6 heteroatoms. The van der Waals surface area contributed by atoms with Gasteiger partial charge in [-0.1, -0.05) is 0 Å². The molecule has 126 valence electrons. The van der Waals surface area contributed by atoms with Crippen molar-refractivity contribution in [3.8, 4) is 0 Å². The molecule has 1 aromatic heterocycles. The molecule has 2 aliphatic rings. The lowest BCUT2D eigenvalue weighted by Crippen LogP contribution is -2.30. The molecule has 0 aromatic carbocycles. The third-order valence-electron chi connectivity index (χ3n) is 4.75. The second-order valence-corrected chi connectivity index (χ2v) is 6.52. The number of amides is 1. The summed E-state index contributed by atoms with van der Waals surface area (Å²) in [5.74, 6) is 1.62. The lowest BCUT2D eigenvalue weighted by Gasteiger charge is -2.27. The van der Waals surface area contributed by atoms with Crippen molar-refractivity contribution in [2.24, 2.45) is 5.92 Å². The lowest BCUT2D eigenvalue weighted by atomic mass is 10.0. The Morgan fingerprint density at radius 3 is 2.87 bits per heavy atom. The maximum Gasteiger partial charge on any atom is 0.223 e. The topological polar surface area (TPSA) is 58.6 Å². The van der Waals surface area contributed by atoms with E-state index in [-0.39, 0.29) is 5.91 Å². The summed E-state index contributed by atoms with van der Waals surface area (Å²) in [5.41, 5.74) is 1.05. The molecule has 0 bridgehead atoms. The number of hydrogen-bond donors (Lipinski definition) is 0. The SMILES string of the molecule is COCCN1C[C@@H](Cc2cc(N3CCCCC3)ncn2)CC1=O. The standard InChI is InChI=1S/C17H26N4O2/c1-23-8-7-21-12-14(10-17(21)22)9-15-11-16(19-13-18-15)20-5-3-2-4-6-20/h11,13-14H,2-10,12H2,1H3/t14-/m0/s1. The Hall–Kier alpha value is -1.69. The molecule has 1 atom stereocenters.